The van der Waals surface area contributed by atoms with Crippen LogP contribution in [0, 0.1) is 0 Å². The Morgan fingerprint density at radius 1 is 1.29 bits per heavy atom. The second-order valence-corrected chi connectivity index (χ2v) is 7.02. The van der Waals surface area contributed by atoms with Gasteiger partial charge in [-0.15, -0.1) is 0 Å². The van der Waals surface area contributed by atoms with Crippen molar-refractivity contribution in [3.63, 3.8) is 0 Å². The maximum atomic E-state index is 13.1. The SMILES string of the molecule is CCCn1nc(C(=O)N(C2CC2)[C@@H](C)c2cccc(C(F)(F)F)c2)ccc1=O. The molecule has 150 valence electrons. The number of carbonyl (C=O) groups excluding carboxylic acids is 1. The normalized spacial score (nSPS) is 15.3. The number of halogens is 3. The van der Waals surface area contributed by atoms with Crippen molar-refractivity contribution in [2.24, 2.45) is 0 Å². The van der Waals surface area contributed by atoms with Crippen molar-refractivity contribution in [1.29, 1.82) is 0 Å². The Balaban J connectivity index is 1.93. The van der Waals surface area contributed by atoms with E-state index >= 15 is 0 Å². The lowest BCUT2D eigenvalue weighted by Gasteiger charge is -2.30. The molecular formula is C20H22F3N3O2. The molecule has 0 radical (unpaired) electrons. The summed E-state index contributed by atoms with van der Waals surface area (Å²) >= 11 is 0. The maximum Gasteiger partial charge on any atom is 0.416 e. The molecule has 1 saturated carbocycles. The molecule has 0 aliphatic heterocycles. The second kappa shape index (κ2) is 7.77. The van der Waals surface area contributed by atoms with Crippen molar-refractivity contribution in [1.82, 2.24) is 14.7 Å². The van der Waals surface area contributed by atoms with Gasteiger partial charge in [-0.2, -0.15) is 18.3 Å². The molecule has 1 fully saturated rings. The average Bonchev–Trinajstić information content (AvgIpc) is 3.48. The minimum Gasteiger partial charge on any atom is -0.328 e. The summed E-state index contributed by atoms with van der Waals surface area (Å²) in [6.07, 6.45) is -2.16. The molecule has 1 aliphatic rings. The number of hydrogen-bond donors (Lipinski definition) is 0. The van der Waals surface area contributed by atoms with E-state index in [1.54, 1.807) is 17.9 Å². The molecule has 8 heteroatoms. The van der Waals surface area contributed by atoms with Crippen molar-refractivity contribution < 1.29 is 18.0 Å². The summed E-state index contributed by atoms with van der Waals surface area (Å²) in [5, 5.41) is 4.16. The molecule has 28 heavy (non-hydrogen) atoms. The van der Waals surface area contributed by atoms with E-state index in [1.165, 1.54) is 22.9 Å². The Morgan fingerprint density at radius 3 is 2.61 bits per heavy atom. The molecule has 3 rings (SSSR count). The number of benzene rings is 1. The highest BCUT2D eigenvalue weighted by atomic mass is 19.4. The van der Waals surface area contributed by atoms with Gasteiger partial charge in [-0.1, -0.05) is 19.1 Å². The highest BCUT2D eigenvalue weighted by Crippen LogP contribution is 2.37. The third-order valence-electron chi connectivity index (χ3n) is 4.81. The molecule has 0 bridgehead atoms. The standard InChI is InChI=1S/C20H22F3N3O2/c1-3-11-25-18(27)10-9-17(24-25)19(28)26(16-7-8-16)13(2)14-5-4-6-15(12-14)20(21,22)23/h4-6,9-10,12-13,16H,3,7-8,11H2,1-2H3/t13-/m0/s1. The zero-order valence-electron chi connectivity index (χ0n) is 15.7. The summed E-state index contributed by atoms with van der Waals surface area (Å²) in [6, 6.07) is 7.14. The van der Waals surface area contributed by atoms with Gasteiger partial charge < -0.3 is 4.90 Å². The van der Waals surface area contributed by atoms with Gasteiger partial charge in [-0.05, 0) is 49.9 Å². The van der Waals surface area contributed by atoms with E-state index in [9.17, 15) is 22.8 Å². The molecule has 1 amide bonds. The molecule has 0 spiro atoms. The second-order valence-electron chi connectivity index (χ2n) is 7.02. The summed E-state index contributed by atoms with van der Waals surface area (Å²) in [4.78, 5) is 26.6. The number of aromatic nitrogens is 2. The van der Waals surface area contributed by atoms with Gasteiger partial charge in [0.1, 0.15) is 5.69 Å². The van der Waals surface area contributed by atoms with Gasteiger partial charge >= 0.3 is 6.18 Å². The quantitative estimate of drug-likeness (QED) is 0.744. The molecule has 0 unspecified atom stereocenters. The topological polar surface area (TPSA) is 55.2 Å². The lowest BCUT2D eigenvalue weighted by molar-refractivity contribution is -0.137. The van der Waals surface area contributed by atoms with E-state index in [1.807, 2.05) is 6.92 Å². The molecule has 0 N–H and O–H groups in total. The number of aryl methyl sites for hydroxylation is 1. The van der Waals surface area contributed by atoms with Crippen LogP contribution in [-0.4, -0.2) is 26.6 Å². The lowest BCUT2D eigenvalue weighted by Crippen LogP contribution is -2.37. The number of amides is 1. The lowest BCUT2D eigenvalue weighted by atomic mass is 10.0. The van der Waals surface area contributed by atoms with Crippen LogP contribution in [-0.2, 0) is 12.7 Å². The van der Waals surface area contributed by atoms with E-state index in [2.05, 4.69) is 5.10 Å². The van der Waals surface area contributed by atoms with Crippen LogP contribution in [0.5, 0.6) is 0 Å². The Morgan fingerprint density at radius 2 is 2.00 bits per heavy atom. The molecule has 1 heterocycles. The van der Waals surface area contributed by atoms with Crippen LogP contribution in [0.4, 0.5) is 13.2 Å². The summed E-state index contributed by atoms with van der Waals surface area (Å²) in [5.74, 6) is -0.378. The third kappa shape index (κ3) is 4.26. The van der Waals surface area contributed by atoms with Crippen LogP contribution in [0.2, 0.25) is 0 Å². The third-order valence-corrected chi connectivity index (χ3v) is 4.81. The summed E-state index contributed by atoms with van der Waals surface area (Å²) < 4.78 is 40.4. The average molecular weight is 393 g/mol. The van der Waals surface area contributed by atoms with Gasteiger partial charge in [0.05, 0.1) is 11.6 Å². The Labute approximate surface area is 160 Å². The van der Waals surface area contributed by atoms with E-state index in [0.717, 1.165) is 25.0 Å². The molecule has 1 aromatic heterocycles. The van der Waals surface area contributed by atoms with Gasteiger partial charge in [0.25, 0.3) is 11.5 Å². The minimum atomic E-state index is -4.44. The van der Waals surface area contributed by atoms with Gasteiger partial charge in [-0.3, -0.25) is 9.59 Å². The van der Waals surface area contributed by atoms with E-state index < -0.39 is 17.8 Å². The number of rotatable bonds is 6. The molecule has 2 aromatic rings. The number of carbonyl (C=O) groups is 1. The molecule has 1 aromatic carbocycles. The Bertz CT molecular complexity index is 919. The van der Waals surface area contributed by atoms with Crippen molar-refractivity contribution in [2.75, 3.05) is 0 Å². The van der Waals surface area contributed by atoms with Crippen LogP contribution in [0.1, 0.15) is 60.8 Å². The molecule has 1 aliphatic carbocycles. The highest BCUT2D eigenvalue weighted by molar-refractivity contribution is 5.92. The first-order valence-corrected chi connectivity index (χ1v) is 9.30. The Hall–Kier alpha value is -2.64. The maximum absolute atomic E-state index is 13.1. The largest absolute Gasteiger partial charge is 0.416 e. The van der Waals surface area contributed by atoms with Crippen LogP contribution in [0.15, 0.2) is 41.2 Å². The molecular weight excluding hydrogens is 371 g/mol. The predicted molar refractivity (Wildman–Crippen MR) is 97.8 cm³/mol. The molecule has 0 saturated heterocycles. The monoisotopic (exact) mass is 393 g/mol. The van der Waals surface area contributed by atoms with E-state index in [-0.39, 0.29) is 23.2 Å². The van der Waals surface area contributed by atoms with Crippen molar-refractivity contribution >= 4 is 5.91 Å². The van der Waals surface area contributed by atoms with Crippen LogP contribution in [0.3, 0.4) is 0 Å². The molecule has 5 nitrogen and oxygen atoms in total. The number of hydrogen-bond acceptors (Lipinski definition) is 3. The fourth-order valence-corrected chi connectivity index (χ4v) is 3.21. The first kappa shape index (κ1) is 20.1. The zero-order chi connectivity index (χ0) is 20.5. The van der Waals surface area contributed by atoms with Crippen LogP contribution < -0.4 is 5.56 Å². The number of alkyl halides is 3. The fraction of sp³-hybridized carbons (Fsp3) is 0.450. The van der Waals surface area contributed by atoms with Crippen molar-refractivity contribution in [2.45, 2.75) is 57.9 Å². The van der Waals surface area contributed by atoms with Crippen LogP contribution in [0.25, 0.3) is 0 Å². The predicted octanol–water partition coefficient (Wildman–Crippen LogP) is 4.04. The smallest absolute Gasteiger partial charge is 0.328 e. The van der Waals surface area contributed by atoms with Gasteiger partial charge in [0.15, 0.2) is 0 Å². The first-order chi connectivity index (χ1) is 13.2. The van der Waals surface area contributed by atoms with E-state index in [0.29, 0.717) is 18.5 Å². The van der Waals surface area contributed by atoms with Crippen molar-refractivity contribution in [3.8, 4) is 0 Å². The van der Waals surface area contributed by atoms with E-state index in [4.69, 9.17) is 0 Å². The summed E-state index contributed by atoms with van der Waals surface area (Å²) in [7, 11) is 0. The Kier molecular flexibility index (Phi) is 5.58. The number of nitrogens with zero attached hydrogens (tertiary/aromatic N) is 3. The molecule has 1 atom stereocenters. The van der Waals surface area contributed by atoms with Crippen molar-refractivity contribution in [3.05, 3.63) is 63.6 Å². The first-order valence-electron chi connectivity index (χ1n) is 9.30. The fourth-order valence-electron chi connectivity index (χ4n) is 3.21. The van der Waals surface area contributed by atoms with Gasteiger partial charge in [0.2, 0.25) is 0 Å². The highest BCUT2D eigenvalue weighted by Gasteiger charge is 2.38. The summed E-state index contributed by atoms with van der Waals surface area (Å²) in [6.45, 7) is 4.01. The zero-order valence-corrected chi connectivity index (χ0v) is 15.7. The van der Waals surface area contributed by atoms with Gasteiger partial charge in [0, 0.05) is 18.7 Å². The summed E-state index contributed by atoms with van der Waals surface area (Å²) in [5.41, 5.74) is -0.493. The minimum absolute atomic E-state index is 0.0367. The van der Waals surface area contributed by atoms with Crippen LogP contribution >= 0.6 is 0 Å². The van der Waals surface area contributed by atoms with Gasteiger partial charge in [-0.25, -0.2) is 4.68 Å².